The minimum absolute atomic E-state index is 0.258. The van der Waals surface area contributed by atoms with Gasteiger partial charge in [-0.15, -0.1) is 0 Å². The normalized spacial score (nSPS) is 21.5. The average molecular weight is 341 g/mol. The number of nitrogens with one attached hydrogen (secondary N) is 1. The van der Waals surface area contributed by atoms with Gasteiger partial charge in [-0.05, 0) is 38.8 Å². The summed E-state index contributed by atoms with van der Waals surface area (Å²) in [6.07, 6.45) is 7.66. The van der Waals surface area contributed by atoms with Crippen LogP contribution in [-0.4, -0.2) is 28.8 Å². The third-order valence-corrected chi connectivity index (χ3v) is 5.15. The minimum atomic E-state index is 0.258. The van der Waals surface area contributed by atoms with Gasteiger partial charge in [0, 0.05) is 55.5 Å². The number of hydrogen-bond donors (Lipinski definition) is 1. The number of imidazole rings is 1. The lowest BCUT2D eigenvalue weighted by Gasteiger charge is -2.24. The predicted octanol–water partition coefficient (Wildman–Crippen LogP) is 3.27. The highest BCUT2D eigenvalue weighted by molar-refractivity contribution is 5.48. The van der Waals surface area contributed by atoms with Gasteiger partial charge < -0.3 is 19.4 Å². The molecule has 5 nitrogen and oxygen atoms in total. The Kier molecular flexibility index (Phi) is 4.66. The van der Waals surface area contributed by atoms with Crippen LogP contribution in [0.1, 0.15) is 49.6 Å². The second kappa shape index (κ2) is 7.08. The highest BCUT2D eigenvalue weighted by Gasteiger charge is 2.23. The first-order valence-electron chi connectivity index (χ1n) is 9.41. The monoisotopic (exact) mass is 341 g/mol. The van der Waals surface area contributed by atoms with Gasteiger partial charge in [0.15, 0.2) is 0 Å². The molecule has 0 amide bonds. The van der Waals surface area contributed by atoms with Crippen LogP contribution >= 0.6 is 0 Å². The number of aryl methyl sites for hydroxylation is 1. The van der Waals surface area contributed by atoms with E-state index in [9.17, 15) is 0 Å². The first-order valence-corrected chi connectivity index (χ1v) is 9.41. The van der Waals surface area contributed by atoms with Crippen LogP contribution in [0.2, 0.25) is 0 Å². The van der Waals surface area contributed by atoms with Gasteiger partial charge in [0.2, 0.25) is 0 Å². The van der Waals surface area contributed by atoms with Gasteiger partial charge in [-0.25, -0.2) is 4.98 Å². The summed E-state index contributed by atoms with van der Waals surface area (Å²) in [5.74, 6) is 3.71. The first-order chi connectivity index (χ1) is 12.2. The van der Waals surface area contributed by atoms with Crippen LogP contribution in [0.4, 0.5) is 0 Å². The van der Waals surface area contributed by atoms with Crippen LogP contribution in [-0.2, 0) is 19.5 Å². The molecule has 0 radical (unpaired) electrons. The molecular weight excluding hydrogens is 314 g/mol. The Morgan fingerprint density at radius 3 is 3.20 bits per heavy atom. The summed E-state index contributed by atoms with van der Waals surface area (Å²) < 4.78 is 14.1. The Balaban J connectivity index is 1.44. The van der Waals surface area contributed by atoms with Gasteiger partial charge in [-0.2, -0.15) is 0 Å². The number of rotatable bonds is 6. The highest BCUT2D eigenvalue weighted by Crippen LogP contribution is 2.35. The van der Waals surface area contributed by atoms with Crippen LogP contribution in [0.3, 0.4) is 0 Å². The second-order valence-electron chi connectivity index (χ2n) is 7.08. The van der Waals surface area contributed by atoms with E-state index in [-0.39, 0.29) is 6.10 Å². The lowest BCUT2D eigenvalue weighted by atomic mass is 9.98. The van der Waals surface area contributed by atoms with E-state index in [1.54, 1.807) is 0 Å². The summed E-state index contributed by atoms with van der Waals surface area (Å²) in [5.41, 5.74) is 2.43. The Labute approximate surface area is 149 Å². The molecule has 1 aromatic heterocycles. The Bertz CT molecular complexity index is 741. The molecule has 4 rings (SSSR count). The molecule has 2 aromatic rings. The van der Waals surface area contributed by atoms with Crippen molar-refractivity contribution < 1.29 is 9.47 Å². The Morgan fingerprint density at radius 2 is 2.32 bits per heavy atom. The quantitative estimate of drug-likeness (QED) is 0.876. The smallest absolute Gasteiger partial charge is 0.124 e. The Hall–Kier alpha value is -2.01. The highest BCUT2D eigenvalue weighted by atomic mass is 16.5. The van der Waals surface area contributed by atoms with E-state index < -0.39 is 0 Å². The van der Waals surface area contributed by atoms with Crippen LogP contribution < -0.4 is 14.8 Å². The molecule has 2 atom stereocenters. The standard InChI is InChI=1S/C20H27N3O2/c1-3-24-18-10-16-9-14(2)25-19(16)11-17(18)13-21-12-15-5-4-7-23-8-6-22-20(15)23/h6,8,10-11,14-15,21H,3-5,7,9,12-13H2,1-2H3/t14-,15-/m1/s1. The lowest BCUT2D eigenvalue weighted by molar-refractivity contribution is 0.254. The number of hydrogen-bond acceptors (Lipinski definition) is 4. The van der Waals surface area contributed by atoms with E-state index in [1.807, 2.05) is 13.1 Å². The summed E-state index contributed by atoms with van der Waals surface area (Å²) >= 11 is 0. The van der Waals surface area contributed by atoms with Crippen molar-refractivity contribution in [1.82, 2.24) is 14.9 Å². The number of nitrogens with zero attached hydrogens (tertiary/aromatic N) is 2. The van der Waals surface area contributed by atoms with E-state index in [1.165, 1.54) is 29.8 Å². The molecule has 5 heteroatoms. The molecule has 1 aromatic carbocycles. The summed E-state index contributed by atoms with van der Waals surface area (Å²) in [6.45, 7) is 7.66. The zero-order valence-electron chi connectivity index (χ0n) is 15.1. The van der Waals surface area contributed by atoms with E-state index in [0.29, 0.717) is 12.5 Å². The topological polar surface area (TPSA) is 48.3 Å². The third kappa shape index (κ3) is 3.38. The number of fused-ring (bicyclic) bond motifs is 2. The molecular formula is C20H27N3O2. The van der Waals surface area contributed by atoms with E-state index >= 15 is 0 Å². The molecule has 0 aliphatic carbocycles. The minimum Gasteiger partial charge on any atom is -0.494 e. The molecule has 0 spiro atoms. The van der Waals surface area contributed by atoms with Crippen molar-refractivity contribution in [1.29, 1.82) is 0 Å². The second-order valence-corrected chi connectivity index (χ2v) is 7.08. The van der Waals surface area contributed by atoms with Crippen molar-refractivity contribution in [2.45, 2.75) is 58.2 Å². The first kappa shape index (κ1) is 16.5. The van der Waals surface area contributed by atoms with Gasteiger partial charge in [0.05, 0.1) is 6.61 Å². The molecule has 25 heavy (non-hydrogen) atoms. The SMILES string of the molecule is CCOc1cc2c(cc1CNC[C@H]1CCCn3ccnc31)O[C@H](C)C2. The molecule has 0 unspecified atom stereocenters. The molecule has 0 saturated heterocycles. The fourth-order valence-corrected chi connectivity index (χ4v) is 3.99. The maximum absolute atomic E-state index is 5.92. The molecule has 3 heterocycles. The van der Waals surface area contributed by atoms with Gasteiger partial charge in [-0.3, -0.25) is 0 Å². The summed E-state index contributed by atoms with van der Waals surface area (Å²) in [4.78, 5) is 4.54. The molecule has 0 fully saturated rings. The zero-order valence-corrected chi connectivity index (χ0v) is 15.1. The van der Waals surface area contributed by atoms with Gasteiger partial charge in [0.25, 0.3) is 0 Å². The molecule has 1 N–H and O–H groups in total. The maximum atomic E-state index is 5.92. The Morgan fingerprint density at radius 1 is 1.40 bits per heavy atom. The largest absolute Gasteiger partial charge is 0.494 e. The predicted molar refractivity (Wildman–Crippen MR) is 97.3 cm³/mol. The zero-order chi connectivity index (χ0) is 17.2. The lowest BCUT2D eigenvalue weighted by Crippen LogP contribution is -2.26. The average Bonchev–Trinajstić information content (AvgIpc) is 3.21. The number of ether oxygens (including phenoxy) is 2. The summed E-state index contributed by atoms with van der Waals surface area (Å²) in [5, 5.41) is 3.61. The molecule has 2 aliphatic rings. The number of aromatic nitrogens is 2. The molecule has 0 saturated carbocycles. The van der Waals surface area contributed by atoms with Crippen LogP contribution in [0.15, 0.2) is 24.5 Å². The van der Waals surface area contributed by atoms with E-state index in [4.69, 9.17) is 9.47 Å². The molecule has 2 aliphatic heterocycles. The van der Waals surface area contributed by atoms with Gasteiger partial charge in [-0.1, -0.05) is 0 Å². The van der Waals surface area contributed by atoms with E-state index in [0.717, 1.165) is 37.6 Å². The third-order valence-electron chi connectivity index (χ3n) is 5.15. The summed E-state index contributed by atoms with van der Waals surface area (Å²) in [7, 11) is 0. The van der Waals surface area contributed by atoms with Gasteiger partial charge in [0.1, 0.15) is 23.4 Å². The van der Waals surface area contributed by atoms with Crippen LogP contribution in [0, 0.1) is 0 Å². The van der Waals surface area contributed by atoms with Crippen molar-refractivity contribution in [3.05, 3.63) is 41.5 Å². The molecule has 134 valence electrons. The number of benzene rings is 1. The van der Waals surface area contributed by atoms with Crippen LogP contribution in [0.25, 0.3) is 0 Å². The van der Waals surface area contributed by atoms with Gasteiger partial charge >= 0.3 is 0 Å². The van der Waals surface area contributed by atoms with Crippen molar-refractivity contribution in [2.75, 3.05) is 13.2 Å². The fourth-order valence-electron chi connectivity index (χ4n) is 3.99. The fraction of sp³-hybridized carbons (Fsp3) is 0.550. The summed E-state index contributed by atoms with van der Waals surface area (Å²) in [6, 6.07) is 4.31. The maximum Gasteiger partial charge on any atom is 0.124 e. The van der Waals surface area contributed by atoms with Crippen LogP contribution in [0.5, 0.6) is 11.5 Å². The molecule has 0 bridgehead atoms. The van der Waals surface area contributed by atoms with Crippen molar-refractivity contribution in [3.63, 3.8) is 0 Å². The van der Waals surface area contributed by atoms with E-state index in [2.05, 4.69) is 40.1 Å². The van der Waals surface area contributed by atoms with Crippen molar-refractivity contribution >= 4 is 0 Å². The van der Waals surface area contributed by atoms with Crippen molar-refractivity contribution in [3.8, 4) is 11.5 Å². The van der Waals surface area contributed by atoms with Crippen molar-refractivity contribution in [2.24, 2.45) is 0 Å².